The molecule has 0 saturated carbocycles. The van der Waals surface area contributed by atoms with E-state index in [1.165, 1.54) is 0 Å². The molecule has 1 saturated heterocycles. The van der Waals surface area contributed by atoms with Crippen LogP contribution in [0.4, 0.5) is 5.82 Å². The highest BCUT2D eigenvalue weighted by Crippen LogP contribution is 2.43. The van der Waals surface area contributed by atoms with E-state index in [4.69, 9.17) is 10.3 Å². The number of nitrogens with zero attached hydrogens (tertiary/aromatic N) is 3. The fourth-order valence-electron chi connectivity index (χ4n) is 1.93. The normalized spacial score (nSPS) is 26.6. The van der Waals surface area contributed by atoms with Gasteiger partial charge >= 0.3 is 0 Å². The molecule has 0 bridgehead atoms. The smallest absolute Gasteiger partial charge is 0.259 e. The van der Waals surface area contributed by atoms with Crippen molar-refractivity contribution in [3.8, 4) is 11.5 Å². The van der Waals surface area contributed by atoms with Crippen molar-refractivity contribution >= 4 is 29.3 Å². The molecule has 0 aliphatic carbocycles. The topological polar surface area (TPSA) is 77.8 Å². The minimum absolute atomic E-state index is 0.297. The maximum atomic E-state index is 5.57. The Kier molecular flexibility index (Phi) is 3.89. The van der Waals surface area contributed by atoms with Gasteiger partial charge in [0.25, 0.3) is 5.89 Å². The van der Waals surface area contributed by atoms with Crippen LogP contribution in [0, 0.1) is 0 Å². The van der Waals surface area contributed by atoms with Crippen LogP contribution in [0.15, 0.2) is 22.9 Å². The van der Waals surface area contributed by atoms with Crippen LogP contribution in [0.25, 0.3) is 11.5 Å². The molecule has 0 radical (unpaired) electrons. The third-order valence-electron chi connectivity index (χ3n) is 3.31. The van der Waals surface area contributed by atoms with Crippen molar-refractivity contribution in [2.75, 3.05) is 11.5 Å². The highest BCUT2D eigenvalue weighted by atomic mass is 32.2. The van der Waals surface area contributed by atoms with Crippen LogP contribution in [-0.2, 0) is 0 Å². The van der Waals surface area contributed by atoms with Crippen LogP contribution in [-0.4, -0.2) is 31.4 Å². The summed E-state index contributed by atoms with van der Waals surface area (Å²) in [7, 11) is 0. The molecule has 106 valence electrons. The van der Waals surface area contributed by atoms with Gasteiger partial charge in [-0.15, -0.1) is 11.8 Å². The average molecular weight is 308 g/mol. The number of thioether (sulfide) groups is 2. The zero-order chi connectivity index (χ0) is 14.1. The van der Waals surface area contributed by atoms with Crippen LogP contribution < -0.4 is 5.73 Å². The van der Waals surface area contributed by atoms with Crippen molar-refractivity contribution in [2.24, 2.45) is 0 Å². The van der Waals surface area contributed by atoms with Crippen LogP contribution in [0.1, 0.15) is 24.9 Å². The Balaban J connectivity index is 1.78. The third kappa shape index (κ3) is 2.78. The van der Waals surface area contributed by atoms with E-state index in [-0.39, 0.29) is 0 Å². The Labute approximate surface area is 126 Å². The number of rotatable bonds is 2. The zero-order valence-electron chi connectivity index (χ0n) is 11.3. The summed E-state index contributed by atoms with van der Waals surface area (Å²) >= 11 is 3.88. The molecule has 2 aromatic rings. The first-order valence-electron chi connectivity index (χ1n) is 6.46. The minimum atomic E-state index is 0.297. The fraction of sp³-hybridized carbons (Fsp3) is 0.462. The lowest BCUT2D eigenvalue weighted by atomic mass is 10.3. The van der Waals surface area contributed by atoms with E-state index in [1.807, 2.05) is 29.6 Å². The summed E-state index contributed by atoms with van der Waals surface area (Å²) in [6.45, 7) is 4.51. The van der Waals surface area contributed by atoms with Gasteiger partial charge in [-0.25, -0.2) is 4.98 Å². The molecule has 3 unspecified atom stereocenters. The monoisotopic (exact) mass is 308 g/mol. The molecule has 0 amide bonds. The molecular weight excluding hydrogens is 292 g/mol. The second-order valence-corrected chi connectivity index (χ2v) is 7.79. The molecule has 0 spiro atoms. The van der Waals surface area contributed by atoms with Gasteiger partial charge in [0.2, 0.25) is 0 Å². The standard InChI is InChI=1S/C13H16N4OS2/c1-7-8(2)20-10(6-19-7)12-16-13(18-17-12)9-3-4-11(14)15-5-9/h3-5,7-8,10H,6H2,1-2H3,(H2,14,15). The summed E-state index contributed by atoms with van der Waals surface area (Å²) in [6, 6.07) is 3.57. The molecule has 7 heteroatoms. The summed E-state index contributed by atoms with van der Waals surface area (Å²) in [5.74, 6) is 2.78. The van der Waals surface area contributed by atoms with Crippen molar-refractivity contribution in [3.63, 3.8) is 0 Å². The molecule has 5 nitrogen and oxygen atoms in total. The van der Waals surface area contributed by atoms with E-state index in [0.29, 0.717) is 27.5 Å². The molecule has 3 heterocycles. The molecule has 3 atom stereocenters. The molecule has 20 heavy (non-hydrogen) atoms. The summed E-state index contributed by atoms with van der Waals surface area (Å²) in [5.41, 5.74) is 6.37. The molecule has 2 N–H and O–H groups in total. The van der Waals surface area contributed by atoms with Crippen molar-refractivity contribution in [2.45, 2.75) is 29.6 Å². The van der Waals surface area contributed by atoms with E-state index in [1.54, 1.807) is 12.3 Å². The van der Waals surface area contributed by atoms with E-state index in [9.17, 15) is 0 Å². The van der Waals surface area contributed by atoms with Gasteiger partial charge in [0.05, 0.1) is 10.8 Å². The van der Waals surface area contributed by atoms with Gasteiger partial charge in [-0.3, -0.25) is 0 Å². The van der Waals surface area contributed by atoms with E-state index >= 15 is 0 Å². The number of hydrogen-bond acceptors (Lipinski definition) is 7. The first-order chi connectivity index (χ1) is 9.63. The van der Waals surface area contributed by atoms with Gasteiger partial charge < -0.3 is 10.3 Å². The Bertz CT molecular complexity index is 586. The van der Waals surface area contributed by atoms with Gasteiger partial charge in [0, 0.05) is 22.4 Å². The third-order valence-corrected chi connectivity index (χ3v) is 6.70. The number of pyridine rings is 1. The lowest BCUT2D eigenvalue weighted by Gasteiger charge is -2.29. The maximum Gasteiger partial charge on any atom is 0.259 e. The molecule has 1 fully saturated rings. The summed E-state index contributed by atoms with van der Waals surface area (Å²) in [5, 5.41) is 5.68. The minimum Gasteiger partial charge on any atom is -0.384 e. The van der Waals surface area contributed by atoms with Crippen molar-refractivity contribution in [3.05, 3.63) is 24.2 Å². The lowest BCUT2D eigenvalue weighted by molar-refractivity contribution is 0.423. The zero-order valence-corrected chi connectivity index (χ0v) is 12.9. The quantitative estimate of drug-likeness (QED) is 0.913. The Morgan fingerprint density at radius 1 is 1.30 bits per heavy atom. The average Bonchev–Trinajstić information content (AvgIpc) is 2.92. The van der Waals surface area contributed by atoms with Crippen LogP contribution >= 0.6 is 23.5 Å². The van der Waals surface area contributed by atoms with Crippen molar-refractivity contribution in [1.82, 2.24) is 15.1 Å². The number of nitrogen functional groups attached to an aromatic ring is 1. The second-order valence-electron chi connectivity index (χ2n) is 4.80. The molecular formula is C13H16N4OS2. The number of aromatic nitrogens is 3. The van der Waals surface area contributed by atoms with Crippen LogP contribution in [0.2, 0.25) is 0 Å². The van der Waals surface area contributed by atoms with Gasteiger partial charge in [-0.2, -0.15) is 16.7 Å². The molecule has 3 rings (SSSR count). The van der Waals surface area contributed by atoms with Crippen molar-refractivity contribution in [1.29, 1.82) is 0 Å². The number of nitrogens with two attached hydrogens (primary N) is 1. The molecule has 2 aromatic heterocycles. The van der Waals surface area contributed by atoms with Crippen molar-refractivity contribution < 1.29 is 4.52 Å². The van der Waals surface area contributed by atoms with Crippen LogP contribution in [0.5, 0.6) is 0 Å². The summed E-state index contributed by atoms with van der Waals surface area (Å²) < 4.78 is 5.34. The Morgan fingerprint density at radius 3 is 2.85 bits per heavy atom. The van der Waals surface area contributed by atoms with Crippen LogP contribution in [0.3, 0.4) is 0 Å². The SMILES string of the molecule is CC1SCC(c2noc(-c3ccc(N)nc3)n2)SC1C. The van der Waals surface area contributed by atoms with E-state index in [2.05, 4.69) is 29.0 Å². The molecule has 0 aromatic carbocycles. The van der Waals surface area contributed by atoms with E-state index in [0.717, 1.165) is 17.1 Å². The highest BCUT2D eigenvalue weighted by molar-refractivity contribution is 8.07. The lowest BCUT2D eigenvalue weighted by Crippen LogP contribution is -2.22. The maximum absolute atomic E-state index is 5.57. The Morgan fingerprint density at radius 2 is 2.15 bits per heavy atom. The predicted molar refractivity (Wildman–Crippen MR) is 83.7 cm³/mol. The second kappa shape index (κ2) is 5.65. The summed E-state index contributed by atoms with van der Waals surface area (Å²) in [6.07, 6.45) is 1.65. The predicted octanol–water partition coefficient (Wildman–Crippen LogP) is 3.01. The molecule has 1 aliphatic heterocycles. The largest absolute Gasteiger partial charge is 0.384 e. The van der Waals surface area contributed by atoms with Gasteiger partial charge in [-0.1, -0.05) is 19.0 Å². The van der Waals surface area contributed by atoms with Gasteiger partial charge in [0.1, 0.15) is 5.82 Å². The first-order valence-corrected chi connectivity index (χ1v) is 8.45. The van der Waals surface area contributed by atoms with Gasteiger partial charge in [-0.05, 0) is 12.1 Å². The first kappa shape index (κ1) is 13.8. The molecule has 1 aliphatic rings. The van der Waals surface area contributed by atoms with Gasteiger partial charge in [0.15, 0.2) is 5.82 Å². The number of anilines is 1. The highest BCUT2D eigenvalue weighted by Gasteiger charge is 2.29. The summed E-state index contributed by atoms with van der Waals surface area (Å²) in [4.78, 5) is 8.54. The Hall–Kier alpha value is -1.21. The number of hydrogen-bond donors (Lipinski definition) is 1. The fourth-order valence-corrected chi connectivity index (χ4v) is 4.77. The van der Waals surface area contributed by atoms with E-state index < -0.39 is 0 Å².